The molecule has 0 amide bonds. The minimum Gasteiger partial charge on any atom is -0.396 e. The summed E-state index contributed by atoms with van der Waals surface area (Å²) in [4.78, 5) is 11.0. The van der Waals surface area contributed by atoms with Gasteiger partial charge >= 0.3 is 0 Å². The molecule has 5 heteroatoms. The number of anilines is 1. The molecule has 0 radical (unpaired) electrons. The molecule has 2 aromatic heterocycles. The molecule has 1 N–H and O–H groups in total. The highest BCUT2D eigenvalue weighted by Gasteiger charge is 2.34. The summed E-state index contributed by atoms with van der Waals surface area (Å²) in [6.45, 7) is 4.10. The van der Waals surface area contributed by atoms with Crippen molar-refractivity contribution in [3.8, 4) is 0 Å². The quantitative estimate of drug-likeness (QED) is 0.837. The Morgan fingerprint density at radius 3 is 2.82 bits per heavy atom. The second-order valence-corrected chi connectivity index (χ2v) is 5.05. The van der Waals surface area contributed by atoms with Gasteiger partial charge in [-0.1, -0.05) is 6.92 Å². The lowest BCUT2D eigenvalue weighted by Crippen LogP contribution is -2.28. The van der Waals surface area contributed by atoms with Crippen LogP contribution in [0.3, 0.4) is 0 Å². The molecule has 0 aliphatic carbocycles. The number of fused-ring (bicyclic) bond motifs is 1. The molecule has 1 saturated heterocycles. The first kappa shape index (κ1) is 10.5. The lowest BCUT2D eigenvalue weighted by molar-refractivity contribution is 0.162. The Kier molecular flexibility index (Phi) is 2.29. The zero-order valence-corrected chi connectivity index (χ0v) is 9.87. The molecular weight excluding hydrogens is 216 g/mol. The van der Waals surface area contributed by atoms with Gasteiger partial charge in [0.25, 0.3) is 0 Å². The van der Waals surface area contributed by atoms with Gasteiger partial charge in [0.1, 0.15) is 0 Å². The molecule has 2 aromatic rings. The molecule has 1 aliphatic heterocycles. The second-order valence-electron chi connectivity index (χ2n) is 5.05. The maximum Gasteiger partial charge on any atom is 0.180 e. The number of hydrogen-bond donors (Lipinski definition) is 1. The Labute approximate surface area is 99.7 Å². The molecule has 1 atom stereocenters. The molecule has 0 bridgehead atoms. The normalized spacial score (nSPS) is 24.7. The van der Waals surface area contributed by atoms with E-state index >= 15 is 0 Å². The van der Waals surface area contributed by atoms with E-state index in [1.54, 1.807) is 12.4 Å². The Balaban J connectivity index is 1.98. The summed E-state index contributed by atoms with van der Waals surface area (Å²) < 4.78 is 1.97. The Morgan fingerprint density at radius 1 is 1.35 bits per heavy atom. The van der Waals surface area contributed by atoms with Crippen molar-refractivity contribution in [2.24, 2.45) is 5.41 Å². The molecule has 0 saturated carbocycles. The zero-order chi connectivity index (χ0) is 11.9. The number of imidazole rings is 1. The number of hydrogen-bond acceptors (Lipinski definition) is 4. The van der Waals surface area contributed by atoms with Gasteiger partial charge in [-0.25, -0.2) is 9.97 Å². The Morgan fingerprint density at radius 2 is 2.12 bits per heavy atom. The highest BCUT2D eigenvalue weighted by Crippen LogP contribution is 2.32. The van der Waals surface area contributed by atoms with Crippen LogP contribution in [0, 0.1) is 5.41 Å². The van der Waals surface area contributed by atoms with E-state index in [1.165, 1.54) is 0 Å². The van der Waals surface area contributed by atoms with E-state index in [9.17, 15) is 5.11 Å². The van der Waals surface area contributed by atoms with Gasteiger partial charge in [0.2, 0.25) is 0 Å². The van der Waals surface area contributed by atoms with Crippen LogP contribution in [0.5, 0.6) is 0 Å². The van der Waals surface area contributed by atoms with Crippen molar-refractivity contribution >= 4 is 11.5 Å². The number of aliphatic hydroxyl groups excluding tert-OH is 1. The van der Waals surface area contributed by atoms with Crippen LogP contribution in [0.25, 0.3) is 5.65 Å². The van der Waals surface area contributed by atoms with Crippen LogP contribution < -0.4 is 4.90 Å². The molecule has 1 aliphatic rings. The molecule has 1 unspecified atom stereocenters. The van der Waals surface area contributed by atoms with Crippen molar-refractivity contribution in [2.45, 2.75) is 13.3 Å². The fourth-order valence-electron chi connectivity index (χ4n) is 2.40. The van der Waals surface area contributed by atoms with Crippen LogP contribution in [0.15, 0.2) is 24.8 Å². The fourth-order valence-corrected chi connectivity index (χ4v) is 2.40. The zero-order valence-electron chi connectivity index (χ0n) is 9.87. The molecule has 1 fully saturated rings. The third-order valence-corrected chi connectivity index (χ3v) is 3.53. The summed E-state index contributed by atoms with van der Waals surface area (Å²) in [5.74, 6) is 0.912. The first-order chi connectivity index (χ1) is 8.22. The smallest absolute Gasteiger partial charge is 0.180 e. The molecule has 0 spiro atoms. The highest BCUT2D eigenvalue weighted by molar-refractivity contribution is 5.64. The van der Waals surface area contributed by atoms with E-state index in [4.69, 9.17) is 0 Å². The average molecular weight is 232 g/mol. The molecule has 3 rings (SSSR count). The van der Waals surface area contributed by atoms with Crippen LogP contribution in [-0.2, 0) is 0 Å². The van der Waals surface area contributed by atoms with Crippen LogP contribution in [-0.4, -0.2) is 39.2 Å². The van der Waals surface area contributed by atoms with Gasteiger partial charge in [-0.05, 0) is 6.42 Å². The SMILES string of the molecule is CC1(CO)CCN(c2nccn3ccnc23)C1. The number of nitrogens with zero attached hydrogens (tertiary/aromatic N) is 4. The van der Waals surface area contributed by atoms with E-state index in [0.717, 1.165) is 31.0 Å². The second kappa shape index (κ2) is 3.70. The van der Waals surface area contributed by atoms with Crippen molar-refractivity contribution < 1.29 is 5.11 Å². The number of rotatable bonds is 2. The average Bonchev–Trinajstić information content (AvgIpc) is 2.95. The Bertz CT molecular complexity index is 538. The third-order valence-electron chi connectivity index (χ3n) is 3.53. The maximum absolute atomic E-state index is 9.40. The van der Waals surface area contributed by atoms with Crippen molar-refractivity contribution in [1.29, 1.82) is 0 Å². The minimum atomic E-state index is -0.0128. The van der Waals surface area contributed by atoms with Gasteiger partial charge in [0.05, 0.1) is 6.61 Å². The summed E-state index contributed by atoms with van der Waals surface area (Å²) >= 11 is 0. The van der Waals surface area contributed by atoms with Crippen molar-refractivity contribution in [3.63, 3.8) is 0 Å². The molecule has 5 nitrogen and oxygen atoms in total. The van der Waals surface area contributed by atoms with Crippen molar-refractivity contribution in [3.05, 3.63) is 24.8 Å². The monoisotopic (exact) mass is 232 g/mol. The van der Waals surface area contributed by atoms with Crippen LogP contribution in [0.1, 0.15) is 13.3 Å². The van der Waals surface area contributed by atoms with Gasteiger partial charge in [-0.3, -0.25) is 0 Å². The largest absolute Gasteiger partial charge is 0.396 e. The first-order valence-corrected chi connectivity index (χ1v) is 5.85. The van der Waals surface area contributed by atoms with E-state index < -0.39 is 0 Å². The van der Waals surface area contributed by atoms with E-state index in [0.29, 0.717) is 0 Å². The van der Waals surface area contributed by atoms with Gasteiger partial charge in [-0.2, -0.15) is 0 Å². The van der Waals surface area contributed by atoms with Gasteiger partial charge in [0.15, 0.2) is 11.5 Å². The van der Waals surface area contributed by atoms with E-state index in [2.05, 4.69) is 21.8 Å². The molecule has 90 valence electrons. The first-order valence-electron chi connectivity index (χ1n) is 5.85. The third kappa shape index (κ3) is 1.67. The standard InChI is InChI=1S/C12H16N4O/c1-12(9-17)2-5-16(8-12)11-10-13-3-6-15(10)7-4-14-11/h3-4,6-7,17H,2,5,8-9H2,1H3. The van der Waals surface area contributed by atoms with Crippen molar-refractivity contribution in [2.75, 3.05) is 24.6 Å². The molecular formula is C12H16N4O. The summed E-state index contributed by atoms with van der Waals surface area (Å²) in [6, 6.07) is 0. The number of aromatic nitrogens is 3. The molecule has 17 heavy (non-hydrogen) atoms. The van der Waals surface area contributed by atoms with Crippen LogP contribution in [0.4, 0.5) is 5.82 Å². The predicted molar refractivity (Wildman–Crippen MR) is 65.0 cm³/mol. The summed E-state index contributed by atoms with van der Waals surface area (Å²) in [5, 5.41) is 9.40. The van der Waals surface area contributed by atoms with Crippen LogP contribution >= 0.6 is 0 Å². The minimum absolute atomic E-state index is 0.0128. The van der Waals surface area contributed by atoms with Gasteiger partial charge < -0.3 is 14.4 Å². The number of aliphatic hydroxyl groups is 1. The lowest BCUT2D eigenvalue weighted by atomic mass is 9.91. The predicted octanol–water partition coefficient (Wildman–Crippen LogP) is 0.938. The van der Waals surface area contributed by atoms with Crippen molar-refractivity contribution in [1.82, 2.24) is 14.4 Å². The molecule has 3 heterocycles. The van der Waals surface area contributed by atoms with E-state index in [1.807, 2.05) is 16.8 Å². The fraction of sp³-hybridized carbons (Fsp3) is 0.500. The summed E-state index contributed by atoms with van der Waals surface area (Å²) in [6.07, 6.45) is 8.38. The summed E-state index contributed by atoms with van der Waals surface area (Å²) in [7, 11) is 0. The van der Waals surface area contributed by atoms with Gasteiger partial charge in [-0.15, -0.1) is 0 Å². The lowest BCUT2D eigenvalue weighted by Gasteiger charge is -2.22. The maximum atomic E-state index is 9.40. The van der Waals surface area contributed by atoms with Gasteiger partial charge in [0, 0.05) is 43.3 Å². The topological polar surface area (TPSA) is 53.7 Å². The summed E-state index contributed by atoms with van der Waals surface area (Å²) in [5.41, 5.74) is 0.871. The highest BCUT2D eigenvalue weighted by atomic mass is 16.3. The van der Waals surface area contributed by atoms with Crippen LogP contribution in [0.2, 0.25) is 0 Å². The Hall–Kier alpha value is -1.62. The molecule has 0 aromatic carbocycles. The van der Waals surface area contributed by atoms with E-state index in [-0.39, 0.29) is 12.0 Å².